The largest absolute Gasteiger partial charge is 0.408 e. The molecule has 9 heteroatoms. The summed E-state index contributed by atoms with van der Waals surface area (Å²) < 4.78 is 59.3. The van der Waals surface area contributed by atoms with E-state index >= 15 is 0 Å². The molecular formula is C19H20F4N4O. The Morgan fingerprint density at radius 2 is 2.07 bits per heavy atom. The summed E-state index contributed by atoms with van der Waals surface area (Å²) in [4.78, 5) is 1.98. The third-order valence-corrected chi connectivity index (χ3v) is 4.89. The number of hydrogen-bond donors (Lipinski definition) is 0. The fourth-order valence-corrected chi connectivity index (χ4v) is 3.57. The molecule has 0 spiro atoms. The molecule has 150 valence electrons. The van der Waals surface area contributed by atoms with E-state index in [2.05, 4.69) is 5.10 Å². The van der Waals surface area contributed by atoms with Crippen LogP contribution in [0.1, 0.15) is 34.1 Å². The summed E-state index contributed by atoms with van der Waals surface area (Å²) in [6.45, 7) is 3.63. The van der Waals surface area contributed by atoms with Gasteiger partial charge in [0.15, 0.2) is 0 Å². The fraction of sp³-hybridized carbons (Fsp3) is 0.474. The molecule has 0 aliphatic carbocycles. The minimum Gasteiger partial charge on any atom is -0.378 e. The Bertz CT molecular complexity index is 901. The first-order chi connectivity index (χ1) is 13.2. The van der Waals surface area contributed by atoms with Gasteiger partial charge in [-0.2, -0.15) is 23.5 Å². The van der Waals surface area contributed by atoms with Gasteiger partial charge in [-0.1, -0.05) is 6.07 Å². The second-order valence-corrected chi connectivity index (χ2v) is 6.84. The maximum absolute atomic E-state index is 14.3. The van der Waals surface area contributed by atoms with Crippen molar-refractivity contribution < 1.29 is 22.3 Å². The normalized spacial score (nSPS) is 18.2. The Balaban J connectivity index is 1.89. The van der Waals surface area contributed by atoms with E-state index in [0.29, 0.717) is 35.7 Å². The zero-order chi connectivity index (χ0) is 20.5. The van der Waals surface area contributed by atoms with Crippen molar-refractivity contribution in [1.82, 2.24) is 14.7 Å². The molecule has 3 rings (SSSR count). The number of morpholine rings is 1. The van der Waals surface area contributed by atoms with Gasteiger partial charge in [0.05, 0.1) is 36.6 Å². The second-order valence-electron chi connectivity index (χ2n) is 6.84. The molecule has 2 heterocycles. The van der Waals surface area contributed by atoms with Crippen molar-refractivity contribution in [2.24, 2.45) is 0 Å². The topological polar surface area (TPSA) is 54.1 Å². The summed E-state index contributed by atoms with van der Waals surface area (Å²) in [6.07, 6.45) is -4.37. The lowest BCUT2D eigenvalue weighted by Gasteiger charge is -2.36. The Labute approximate surface area is 160 Å². The molecule has 0 saturated carbocycles. The lowest BCUT2D eigenvalue weighted by Crippen LogP contribution is -2.39. The molecule has 1 aliphatic heterocycles. The van der Waals surface area contributed by atoms with E-state index in [4.69, 9.17) is 10.00 Å². The Hall–Kier alpha value is -2.44. The standard InChI is InChI=1S/C19H20F4N4O/c1-12-18(13(2)27(25-12)11-19(21,22)23)17-10-28-6-5-26(17)9-15-4-3-14(8-24)7-16(15)20/h3-4,7,17H,5-6,9-11H2,1-2H3/t17-/m1/s1. The predicted molar refractivity (Wildman–Crippen MR) is 92.8 cm³/mol. The first kappa shape index (κ1) is 20.3. The lowest BCUT2D eigenvalue weighted by molar-refractivity contribution is -0.143. The van der Waals surface area contributed by atoms with Gasteiger partial charge in [0.1, 0.15) is 12.4 Å². The van der Waals surface area contributed by atoms with E-state index in [1.807, 2.05) is 11.0 Å². The van der Waals surface area contributed by atoms with Crippen LogP contribution in [0, 0.1) is 31.0 Å². The Morgan fingerprint density at radius 1 is 1.32 bits per heavy atom. The number of nitrogens with zero attached hydrogens (tertiary/aromatic N) is 4. The highest BCUT2D eigenvalue weighted by atomic mass is 19.4. The summed E-state index contributed by atoms with van der Waals surface area (Å²) in [5.41, 5.74) is 2.26. The third kappa shape index (κ3) is 4.34. The molecule has 0 N–H and O–H groups in total. The van der Waals surface area contributed by atoms with Gasteiger partial charge in [0.2, 0.25) is 0 Å². The van der Waals surface area contributed by atoms with Crippen molar-refractivity contribution in [2.75, 3.05) is 19.8 Å². The maximum Gasteiger partial charge on any atom is 0.408 e. The summed E-state index contributed by atoms with van der Waals surface area (Å²) >= 11 is 0. The van der Waals surface area contributed by atoms with Crippen molar-refractivity contribution in [1.29, 1.82) is 5.26 Å². The molecule has 1 aromatic heterocycles. The van der Waals surface area contributed by atoms with Crippen LogP contribution in [-0.4, -0.2) is 40.6 Å². The van der Waals surface area contributed by atoms with Crippen LogP contribution >= 0.6 is 0 Å². The number of halogens is 4. The molecule has 1 fully saturated rings. The highest BCUT2D eigenvalue weighted by Gasteiger charge is 2.34. The van der Waals surface area contributed by atoms with Crippen LogP contribution in [0.2, 0.25) is 0 Å². The second kappa shape index (κ2) is 7.89. The Morgan fingerprint density at radius 3 is 2.71 bits per heavy atom. The molecule has 1 aromatic carbocycles. The molecule has 0 unspecified atom stereocenters. The monoisotopic (exact) mass is 396 g/mol. The quantitative estimate of drug-likeness (QED) is 0.741. The molecule has 0 amide bonds. The van der Waals surface area contributed by atoms with Gasteiger partial charge in [-0.05, 0) is 26.0 Å². The zero-order valence-electron chi connectivity index (χ0n) is 15.6. The maximum atomic E-state index is 14.3. The molecule has 28 heavy (non-hydrogen) atoms. The van der Waals surface area contributed by atoms with Gasteiger partial charge in [-0.25, -0.2) is 4.39 Å². The van der Waals surface area contributed by atoms with Crippen LogP contribution in [0.15, 0.2) is 18.2 Å². The van der Waals surface area contributed by atoms with Gasteiger partial charge in [0, 0.05) is 29.9 Å². The number of alkyl halides is 3. The predicted octanol–water partition coefficient (Wildman–Crippen LogP) is 3.65. The van der Waals surface area contributed by atoms with Gasteiger partial charge >= 0.3 is 6.18 Å². The number of aryl methyl sites for hydroxylation is 1. The minimum atomic E-state index is -4.37. The molecule has 1 aliphatic rings. The number of nitriles is 1. The molecule has 0 radical (unpaired) electrons. The molecule has 1 atom stereocenters. The highest BCUT2D eigenvalue weighted by molar-refractivity contribution is 5.33. The lowest BCUT2D eigenvalue weighted by atomic mass is 10.0. The molecule has 2 aromatic rings. The average molecular weight is 396 g/mol. The van der Waals surface area contributed by atoms with E-state index in [1.165, 1.54) is 6.07 Å². The van der Waals surface area contributed by atoms with Crippen LogP contribution in [0.5, 0.6) is 0 Å². The van der Waals surface area contributed by atoms with Gasteiger partial charge in [-0.15, -0.1) is 0 Å². The smallest absolute Gasteiger partial charge is 0.378 e. The minimum absolute atomic E-state index is 0.236. The van der Waals surface area contributed by atoms with Crippen molar-refractivity contribution in [3.05, 3.63) is 52.1 Å². The van der Waals surface area contributed by atoms with Crippen LogP contribution in [-0.2, 0) is 17.8 Å². The first-order valence-electron chi connectivity index (χ1n) is 8.80. The van der Waals surface area contributed by atoms with E-state index in [0.717, 1.165) is 4.68 Å². The van der Waals surface area contributed by atoms with Crippen molar-refractivity contribution >= 4 is 0 Å². The van der Waals surface area contributed by atoms with E-state index < -0.39 is 18.5 Å². The first-order valence-corrected chi connectivity index (χ1v) is 8.80. The van der Waals surface area contributed by atoms with Crippen molar-refractivity contribution in [3.63, 3.8) is 0 Å². The summed E-state index contributed by atoms with van der Waals surface area (Å²) in [5, 5.41) is 12.9. The van der Waals surface area contributed by atoms with E-state index in [-0.39, 0.29) is 24.8 Å². The van der Waals surface area contributed by atoms with Gasteiger partial charge < -0.3 is 4.74 Å². The van der Waals surface area contributed by atoms with E-state index in [1.54, 1.807) is 26.0 Å². The van der Waals surface area contributed by atoms with Gasteiger partial charge in [0.25, 0.3) is 0 Å². The van der Waals surface area contributed by atoms with Crippen molar-refractivity contribution in [2.45, 2.75) is 39.2 Å². The average Bonchev–Trinajstić information content (AvgIpc) is 2.89. The van der Waals surface area contributed by atoms with Crippen LogP contribution in [0.25, 0.3) is 0 Å². The summed E-state index contributed by atoms with van der Waals surface area (Å²) in [5.74, 6) is -0.481. The number of aromatic nitrogens is 2. The SMILES string of the molecule is Cc1nn(CC(F)(F)F)c(C)c1[C@H]1COCCN1Cc1ccc(C#N)cc1F. The molecule has 1 saturated heterocycles. The Kier molecular flexibility index (Phi) is 5.72. The number of hydrogen-bond acceptors (Lipinski definition) is 4. The summed E-state index contributed by atoms with van der Waals surface area (Å²) in [7, 11) is 0. The zero-order valence-corrected chi connectivity index (χ0v) is 15.6. The molecular weight excluding hydrogens is 376 g/mol. The van der Waals surface area contributed by atoms with Crippen molar-refractivity contribution in [3.8, 4) is 6.07 Å². The number of benzene rings is 1. The summed E-state index contributed by atoms with van der Waals surface area (Å²) in [6, 6.07) is 5.86. The molecule has 5 nitrogen and oxygen atoms in total. The fourth-order valence-electron chi connectivity index (χ4n) is 3.57. The van der Waals surface area contributed by atoms with Crippen LogP contribution in [0.3, 0.4) is 0 Å². The molecule has 0 bridgehead atoms. The highest BCUT2D eigenvalue weighted by Crippen LogP contribution is 2.32. The van der Waals surface area contributed by atoms with E-state index in [9.17, 15) is 17.6 Å². The number of rotatable bonds is 4. The van der Waals surface area contributed by atoms with Crippen LogP contribution in [0.4, 0.5) is 17.6 Å². The third-order valence-electron chi connectivity index (χ3n) is 4.89. The van der Waals surface area contributed by atoms with Crippen LogP contribution < -0.4 is 0 Å². The van der Waals surface area contributed by atoms with Gasteiger partial charge in [-0.3, -0.25) is 9.58 Å². The number of ether oxygens (including phenoxy) is 1.